The first-order chi connectivity index (χ1) is 5.83. The van der Waals surface area contributed by atoms with Crippen LogP contribution in [0.2, 0.25) is 0 Å². The van der Waals surface area contributed by atoms with Gasteiger partial charge in [-0.05, 0) is 13.5 Å². The van der Waals surface area contributed by atoms with Crippen molar-refractivity contribution >= 4 is 10.4 Å². The summed E-state index contributed by atoms with van der Waals surface area (Å²) in [6.07, 6.45) is -0.208. The highest BCUT2D eigenvalue weighted by atomic mass is 32.3. The molecule has 0 bridgehead atoms. The van der Waals surface area contributed by atoms with Crippen molar-refractivity contribution in [2.24, 2.45) is 0 Å². The molecule has 3 N–H and O–H groups in total. The molecule has 0 saturated carbocycles. The molecule has 0 amide bonds. The molecule has 7 heteroatoms. The Balaban J connectivity index is 0. The van der Waals surface area contributed by atoms with Gasteiger partial charge in [0, 0.05) is 6.54 Å². The topological polar surface area (TPSA) is 95.9 Å². The second kappa shape index (κ2) is 8.39. The molecule has 0 aromatic carbocycles. The van der Waals surface area contributed by atoms with Crippen LogP contribution in [0.25, 0.3) is 0 Å². The Morgan fingerprint density at radius 1 is 1.54 bits per heavy atom. The lowest BCUT2D eigenvalue weighted by atomic mass is 10.4. The van der Waals surface area contributed by atoms with Gasteiger partial charge in [0.15, 0.2) is 0 Å². The molecule has 6 nitrogen and oxygen atoms in total. The first kappa shape index (κ1) is 15.3. The van der Waals surface area contributed by atoms with E-state index in [1.165, 1.54) is 0 Å². The van der Waals surface area contributed by atoms with Gasteiger partial charge in [-0.25, -0.2) is 0 Å². The molecule has 0 saturated heterocycles. The van der Waals surface area contributed by atoms with Crippen LogP contribution >= 0.6 is 0 Å². The lowest BCUT2D eigenvalue weighted by Crippen LogP contribution is -2.23. The minimum absolute atomic E-state index is 0.208. The molecule has 0 spiro atoms. The van der Waals surface area contributed by atoms with Gasteiger partial charge in [0.05, 0.1) is 13.2 Å². The first-order valence-corrected chi connectivity index (χ1v) is 5.11. The van der Waals surface area contributed by atoms with Crippen LogP contribution in [0, 0.1) is 0 Å². The van der Waals surface area contributed by atoms with Crippen molar-refractivity contribution in [2.75, 3.05) is 20.2 Å². The van der Waals surface area contributed by atoms with E-state index < -0.39 is 10.4 Å². The van der Waals surface area contributed by atoms with Crippen molar-refractivity contribution in [2.45, 2.75) is 20.0 Å². The van der Waals surface area contributed by atoms with Crippen LogP contribution in [0.3, 0.4) is 0 Å². The highest BCUT2D eigenvalue weighted by Crippen LogP contribution is 1.75. The summed E-state index contributed by atoms with van der Waals surface area (Å²) in [6.45, 7) is 5.42. The van der Waals surface area contributed by atoms with E-state index in [-0.39, 0.29) is 6.10 Å². The summed E-state index contributed by atoms with van der Waals surface area (Å²) in [5.74, 6) is 0. The molecule has 0 aliphatic carbocycles. The van der Waals surface area contributed by atoms with Crippen molar-refractivity contribution < 1.29 is 22.3 Å². The smallest absolute Gasteiger partial charge is 0.392 e. The minimum Gasteiger partial charge on any atom is -0.392 e. The molecular weight excluding hydrogens is 198 g/mol. The molecular formula is C6H17NO5S. The zero-order valence-corrected chi connectivity index (χ0v) is 8.84. The number of rotatable bonds is 4. The molecule has 0 aliphatic heterocycles. The summed E-state index contributed by atoms with van der Waals surface area (Å²) in [5, 5.41) is 11.6. The van der Waals surface area contributed by atoms with Crippen molar-refractivity contribution in [1.29, 1.82) is 0 Å². The average Bonchev–Trinajstić information content (AvgIpc) is 2.01. The van der Waals surface area contributed by atoms with Crippen LogP contribution < -0.4 is 5.32 Å². The zero-order valence-electron chi connectivity index (χ0n) is 8.02. The number of hydrogen-bond donors (Lipinski definition) is 3. The Hall–Kier alpha value is -0.210. The quantitative estimate of drug-likeness (QED) is 0.543. The maximum Gasteiger partial charge on any atom is 0.397 e. The largest absolute Gasteiger partial charge is 0.397 e. The molecule has 0 aromatic heterocycles. The summed E-state index contributed by atoms with van der Waals surface area (Å²) < 4.78 is 29.7. The molecule has 0 heterocycles. The lowest BCUT2D eigenvalue weighted by molar-refractivity contribution is 0.192. The normalized spacial score (nSPS) is 13.0. The van der Waals surface area contributed by atoms with Crippen LogP contribution in [0.15, 0.2) is 0 Å². The second-order valence-corrected chi connectivity index (χ2v) is 3.44. The number of likely N-dealkylation sites (N-methyl/N-ethyl adjacent to an activating group) is 1. The SMILES string of the molecule is CCNCC(C)O.COS(=O)(=O)O. The van der Waals surface area contributed by atoms with Crippen LogP contribution in [0.4, 0.5) is 0 Å². The van der Waals surface area contributed by atoms with E-state index in [1.807, 2.05) is 6.92 Å². The van der Waals surface area contributed by atoms with Crippen molar-refractivity contribution in [3.63, 3.8) is 0 Å². The highest BCUT2D eigenvalue weighted by Gasteiger charge is 1.94. The van der Waals surface area contributed by atoms with Gasteiger partial charge in [0.25, 0.3) is 0 Å². The maximum absolute atomic E-state index is 9.33. The van der Waals surface area contributed by atoms with E-state index in [1.54, 1.807) is 6.92 Å². The van der Waals surface area contributed by atoms with Crippen LogP contribution in [-0.4, -0.2) is 44.4 Å². The van der Waals surface area contributed by atoms with Crippen LogP contribution in [-0.2, 0) is 14.6 Å². The molecule has 0 rings (SSSR count). The van der Waals surface area contributed by atoms with Crippen molar-refractivity contribution in [3.05, 3.63) is 0 Å². The summed E-state index contributed by atoms with van der Waals surface area (Å²) in [4.78, 5) is 0. The van der Waals surface area contributed by atoms with Gasteiger partial charge in [-0.15, -0.1) is 0 Å². The Labute approximate surface area is 78.9 Å². The Morgan fingerprint density at radius 2 is 1.92 bits per heavy atom. The summed E-state index contributed by atoms with van der Waals surface area (Å²) in [6, 6.07) is 0. The lowest BCUT2D eigenvalue weighted by Gasteiger charge is -2.01. The predicted octanol–water partition coefficient (Wildman–Crippen LogP) is -0.588. The van der Waals surface area contributed by atoms with Gasteiger partial charge in [-0.2, -0.15) is 8.42 Å². The summed E-state index contributed by atoms with van der Waals surface area (Å²) in [5.41, 5.74) is 0. The monoisotopic (exact) mass is 215 g/mol. The second-order valence-electron chi connectivity index (χ2n) is 2.25. The molecule has 0 aromatic rings. The van der Waals surface area contributed by atoms with E-state index >= 15 is 0 Å². The maximum atomic E-state index is 9.33. The van der Waals surface area contributed by atoms with Gasteiger partial charge in [-0.1, -0.05) is 6.92 Å². The minimum atomic E-state index is -4.16. The van der Waals surface area contributed by atoms with E-state index in [0.717, 1.165) is 13.7 Å². The van der Waals surface area contributed by atoms with E-state index in [9.17, 15) is 8.42 Å². The average molecular weight is 215 g/mol. The van der Waals surface area contributed by atoms with E-state index in [4.69, 9.17) is 9.66 Å². The van der Waals surface area contributed by atoms with Gasteiger partial charge in [-0.3, -0.25) is 8.74 Å². The van der Waals surface area contributed by atoms with E-state index in [0.29, 0.717) is 6.54 Å². The van der Waals surface area contributed by atoms with Crippen molar-refractivity contribution in [1.82, 2.24) is 5.32 Å². The molecule has 0 radical (unpaired) electrons. The van der Waals surface area contributed by atoms with Crippen molar-refractivity contribution in [3.8, 4) is 0 Å². The van der Waals surface area contributed by atoms with Gasteiger partial charge in [0.2, 0.25) is 0 Å². The zero-order chi connectivity index (χ0) is 10.9. The third kappa shape index (κ3) is 24.5. The summed E-state index contributed by atoms with van der Waals surface area (Å²) in [7, 11) is -3.29. The van der Waals surface area contributed by atoms with Crippen LogP contribution in [0.5, 0.6) is 0 Å². The third-order valence-corrected chi connectivity index (χ3v) is 1.32. The number of nitrogens with one attached hydrogen (secondary N) is 1. The predicted molar refractivity (Wildman–Crippen MR) is 48.8 cm³/mol. The fourth-order valence-electron chi connectivity index (χ4n) is 0.353. The molecule has 13 heavy (non-hydrogen) atoms. The first-order valence-electron chi connectivity index (χ1n) is 3.75. The Morgan fingerprint density at radius 3 is 2.00 bits per heavy atom. The Bertz CT molecular complexity index is 189. The number of hydrogen-bond acceptors (Lipinski definition) is 5. The number of aliphatic hydroxyl groups is 1. The Kier molecular flexibility index (Phi) is 9.86. The van der Waals surface area contributed by atoms with Gasteiger partial charge >= 0.3 is 10.4 Å². The fraction of sp³-hybridized carbons (Fsp3) is 1.00. The van der Waals surface area contributed by atoms with Crippen LogP contribution in [0.1, 0.15) is 13.8 Å². The molecule has 82 valence electrons. The summed E-state index contributed by atoms with van der Waals surface area (Å²) >= 11 is 0. The third-order valence-electron chi connectivity index (χ3n) is 0.900. The molecule has 1 atom stereocenters. The standard InChI is InChI=1S/C5H13NO.CH4O4S/c1-3-6-4-5(2)7;1-5-6(2,3)4/h5-7H,3-4H2,1-2H3;1H3,(H,2,3,4). The van der Waals surface area contributed by atoms with E-state index in [2.05, 4.69) is 9.50 Å². The van der Waals surface area contributed by atoms with Gasteiger partial charge in [0.1, 0.15) is 0 Å². The molecule has 1 unspecified atom stereocenters. The van der Waals surface area contributed by atoms with Gasteiger partial charge < -0.3 is 10.4 Å². The highest BCUT2D eigenvalue weighted by molar-refractivity contribution is 7.80. The number of aliphatic hydroxyl groups excluding tert-OH is 1. The molecule has 0 fully saturated rings. The fourth-order valence-corrected chi connectivity index (χ4v) is 0.353. The molecule has 0 aliphatic rings.